The summed E-state index contributed by atoms with van der Waals surface area (Å²) in [6.45, 7) is 7.17. The molecule has 1 aliphatic heterocycles. The maximum absolute atomic E-state index is 10.2. The molecule has 1 aromatic heterocycles. The first kappa shape index (κ1) is 17.3. The van der Waals surface area contributed by atoms with Crippen LogP contribution in [-0.4, -0.2) is 64.8 Å². The lowest BCUT2D eigenvalue weighted by molar-refractivity contribution is 0.00914. The molecule has 7 heteroatoms. The van der Waals surface area contributed by atoms with Crippen molar-refractivity contribution in [1.29, 1.82) is 0 Å². The van der Waals surface area contributed by atoms with E-state index in [1.165, 1.54) is 11.5 Å². The number of hydrogen-bond acceptors (Lipinski definition) is 7. The minimum absolute atomic E-state index is 0.366. The van der Waals surface area contributed by atoms with Crippen LogP contribution in [0.2, 0.25) is 0 Å². The standard InChI is InChI=1S/C17H24N4O2S/c1-14-18-17(24-19-14)21-9-7-20(8-10-21)11-16(22)13-23-12-15-5-3-2-4-6-15/h2-6,16,22H,7-13H2,1H3/t16-/m0/s1. The largest absolute Gasteiger partial charge is 0.389 e. The van der Waals surface area contributed by atoms with Gasteiger partial charge in [-0.05, 0) is 12.5 Å². The van der Waals surface area contributed by atoms with Gasteiger partial charge in [-0.15, -0.1) is 0 Å². The van der Waals surface area contributed by atoms with Gasteiger partial charge in [-0.2, -0.15) is 4.37 Å². The van der Waals surface area contributed by atoms with E-state index < -0.39 is 6.10 Å². The van der Waals surface area contributed by atoms with E-state index in [0.717, 1.165) is 42.7 Å². The van der Waals surface area contributed by atoms with E-state index in [1.54, 1.807) is 0 Å². The van der Waals surface area contributed by atoms with Crippen molar-refractivity contribution in [3.8, 4) is 0 Å². The van der Waals surface area contributed by atoms with Crippen LogP contribution in [0, 0.1) is 6.92 Å². The van der Waals surface area contributed by atoms with Crippen LogP contribution in [-0.2, 0) is 11.3 Å². The maximum Gasteiger partial charge on any atom is 0.205 e. The number of benzene rings is 1. The Labute approximate surface area is 146 Å². The Morgan fingerprint density at radius 1 is 1.21 bits per heavy atom. The minimum atomic E-state index is -0.455. The number of β-amino-alcohol motifs (C(OH)–C–C–N with tert-alkyl or cyclic N) is 1. The number of piperazine rings is 1. The van der Waals surface area contributed by atoms with Crippen molar-refractivity contribution in [3.05, 3.63) is 41.7 Å². The first-order chi connectivity index (χ1) is 11.7. The molecule has 1 aliphatic rings. The van der Waals surface area contributed by atoms with E-state index in [0.29, 0.717) is 19.8 Å². The predicted octanol–water partition coefficient (Wildman–Crippen LogP) is 1.55. The van der Waals surface area contributed by atoms with Crippen LogP contribution >= 0.6 is 11.5 Å². The summed E-state index contributed by atoms with van der Waals surface area (Å²) in [5, 5.41) is 11.2. The molecule has 0 amide bonds. The van der Waals surface area contributed by atoms with Crippen LogP contribution in [0.3, 0.4) is 0 Å². The zero-order valence-corrected chi connectivity index (χ0v) is 14.8. The van der Waals surface area contributed by atoms with Crippen LogP contribution in [0.1, 0.15) is 11.4 Å². The molecular formula is C17H24N4O2S. The number of nitrogens with zero attached hydrogens (tertiary/aromatic N) is 4. The third kappa shape index (κ3) is 4.98. The van der Waals surface area contributed by atoms with E-state index in [9.17, 15) is 5.11 Å². The second-order valence-electron chi connectivity index (χ2n) is 6.07. The van der Waals surface area contributed by atoms with Crippen LogP contribution < -0.4 is 4.90 Å². The quantitative estimate of drug-likeness (QED) is 0.819. The molecule has 0 spiro atoms. The molecule has 1 saturated heterocycles. The van der Waals surface area contributed by atoms with Gasteiger partial charge in [0, 0.05) is 44.3 Å². The highest BCUT2D eigenvalue weighted by atomic mass is 32.1. The lowest BCUT2D eigenvalue weighted by Crippen LogP contribution is -2.49. The number of aliphatic hydroxyl groups excluding tert-OH is 1. The van der Waals surface area contributed by atoms with Crippen LogP contribution in [0.15, 0.2) is 30.3 Å². The molecule has 2 heterocycles. The number of aliphatic hydroxyl groups is 1. The second-order valence-corrected chi connectivity index (χ2v) is 6.80. The van der Waals surface area contributed by atoms with Gasteiger partial charge in [-0.1, -0.05) is 30.3 Å². The van der Waals surface area contributed by atoms with E-state index in [-0.39, 0.29) is 0 Å². The van der Waals surface area contributed by atoms with Gasteiger partial charge in [0.15, 0.2) is 0 Å². The zero-order valence-electron chi connectivity index (χ0n) is 14.0. The minimum Gasteiger partial charge on any atom is -0.389 e. The van der Waals surface area contributed by atoms with E-state index in [2.05, 4.69) is 19.2 Å². The summed E-state index contributed by atoms with van der Waals surface area (Å²) in [5.41, 5.74) is 1.13. The van der Waals surface area contributed by atoms with Gasteiger partial charge >= 0.3 is 0 Å². The summed E-state index contributed by atoms with van der Waals surface area (Å²) >= 11 is 1.46. The highest BCUT2D eigenvalue weighted by Crippen LogP contribution is 2.18. The molecule has 6 nitrogen and oxygen atoms in total. The lowest BCUT2D eigenvalue weighted by Gasteiger charge is -2.35. The highest BCUT2D eigenvalue weighted by Gasteiger charge is 2.21. The summed E-state index contributed by atoms with van der Waals surface area (Å²) in [4.78, 5) is 8.98. The monoisotopic (exact) mass is 348 g/mol. The van der Waals surface area contributed by atoms with Gasteiger partial charge in [-0.25, -0.2) is 4.98 Å². The Balaban J connectivity index is 1.35. The molecular weight excluding hydrogens is 324 g/mol. The molecule has 0 aliphatic carbocycles. The predicted molar refractivity (Wildman–Crippen MR) is 95.4 cm³/mol. The fraction of sp³-hybridized carbons (Fsp3) is 0.529. The highest BCUT2D eigenvalue weighted by molar-refractivity contribution is 7.09. The van der Waals surface area contributed by atoms with Crippen molar-refractivity contribution in [2.45, 2.75) is 19.6 Å². The van der Waals surface area contributed by atoms with Crippen molar-refractivity contribution in [3.63, 3.8) is 0 Å². The molecule has 130 valence electrons. The number of aryl methyl sites for hydroxylation is 1. The normalized spacial score (nSPS) is 17.2. The number of rotatable bonds is 7. The zero-order chi connectivity index (χ0) is 16.8. The topological polar surface area (TPSA) is 61.7 Å². The van der Waals surface area contributed by atoms with Crippen LogP contribution in [0.5, 0.6) is 0 Å². The van der Waals surface area contributed by atoms with E-state index in [4.69, 9.17) is 4.74 Å². The van der Waals surface area contributed by atoms with Crippen LogP contribution in [0.4, 0.5) is 5.13 Å². The smallest absolute Gasteiger partial charge is 0.205 e. The molecule has 0 bridgehead atoms. The molecule has 2 aromatic rings. The summed E-state index contributed by atoms with van der Waals surface area (Å²) in [6, 6.07) is 10.0. The van der Waals surface area contributed by atoms with Crippen molar-refractivity contribution < 1.29 is 9.84 Å². The molecule has 0 radical (unpaired) electrons. The fourth-order valence-electron chi connectivity index (χ4n) is 2.77. The average Bonchev–Trinajstić information content (AvgIpc) is 3.03. The summed E-state index contributed by atoms with van der Waals surface area (Å²) in [5.74, 6) is 0.836. The fourth-order valence-corrected chi connectivity index (χ4v) is 3.50. The lowest BCUT2D eigenvalue weighted by atomic mass is 10.2. The van der Waals surface area contributed by atoms with Crippen molar-refractivity contribution in [1.82, 2.24) is 14.3 Å². The molecule has 0 saturated carbocycles. The number of ether oxygens (including phenoxy) is 1. The van der Waals surface area contributed by atoms with Crippen molar-refractivity contribution in [2.75, 3.05) is 44.2 Å². The van der Waals surface area contributed by atoms with Gasteiger partial charge in [0.25, 0.3) is 0 Å². The molecule has 3 rings (SSSR count). The molecule has 1 atom stereocenters. The molecule has 24 heavy (non-hydrogen) atoms. The van der Waals surface area contributed by atoms with Gasteiger partial charge in [-0.3, -0.25) is 4.90 Å². The van der Waals surface area contributed by atoms with Gasteiger partial charge < -0.3 is 14.7 Å². The maximum atomic E-state index is 10.2. The first-order valence-electron chi connectivity index (χ1n) is 8.28. The Morgan fingerprint density at radius 3 is 2.62 bits per heavy atom. The Hall–Kier alpha value is -1.54. The number of anilines is 1. The second kappa shape index (κ2) is 8.53. The Bertz CT molecular complexity index is 614. The van der Waals surface area contributed by atoms with Gasteiger partial charge in [0.2, 0.25) is 5.13 Å². The molecule has 1 aromatic carbocycles. The summed E-state index contributed by atoms with van der Waals surface area (Å²) in [6.07, 6.45) is -0.455. The Kier molecular flexibility index (Phi) is 6.14. The number of hydrogen-bond donors (Lipinski definition) is 1. The molecule has 0 unspecified atom stereocenters. The van der Waals surface area contributed by atoms with Crippen molar-refractivity contribution in [2.24, 2.45) is 0 Å². The SMILES string of the molecule is Cc1nsc(N2CCN(C[C@H](O)COCc3ccccc3)CC2)n1. The third-order valence-corrected chi connectivity index (χ3v) is 4.92. The summed E-state index contributed by atoms with van der Waals surface area (Å²) in [7, 11) is 0. The first-order valence-corrected chi connectivity index (χ1v) is 9.05. The van der Waals surface area contributed by atoms with Crippen LogP contribution in [0.25, 0.3) is 0 Å². The molecule has 1 N–H and O–H groups in total. The van der Waals surface area contributed by atoms with Gasteiger partial charge in [0.1, 0.15) is 5.82 Å². The summed E-state index contributed by atoms with van der Waals surface area (Å²) < 4.78 is 9.85. The Morgan fingerprint density at radius 2 is 1.96 bits per heavy atom. The van der Waals surface area contributed by atoms with E-state index in [1.807, 2.05) is 37.3 Å². The van der Waals surface area contributed by atoms with Gasteiger partial charge in [0.05, 0.1) is 19.3 Å². The molecule has 1 fully saturated rings. The average molecular weight is 348 g/mol. The van der Waals surface area contributed by atoms with Crippen molar-refractivity contribution >= 4 is 16.7 Å². The number of aromatic nitrogens is 2. The third-order valence-electron chi connectivity index (χ3n) is 4.05. The van der Waals surface area contributed by atoms with E-state index >= 15 is 0 Å².